The number of rotatable bonds is 3. The fraction of sp³-hybridized carbons (Fsp3) is 0.0667. The summed E-state index contributed by atoms with van der Waals surface area (Å²) in [5.41, 5.74) is 9.24. The van der Waals surface area contributed by atoms with Crippen molar-refractivity contribution in [3.8, 4) is 0 Å². The minimum atomic E-state index is -0.765. The average Bonchev–Trinajstić information content (AvgIpc) is 2.97. The minimum Gasteiger partial charge on any atom is -0.366 e. The molecule has 1 unspecified atom stereocenters. The lowest BCUT2D eigenvalue weighted by Gasteiger charge is -2.06. The Morgan fingerprint density at radius 2 is 2.05 bits per heavy atom. The Kier molecular flexibility index (Phi) is 3.37. The summed E-state index contributed by atoms with van der Waals surface area (Å²) in [6.45, 7) is 0. The van der Waals surface area contributed by atoms with E-state index < -0.39 is 12.1 Å². The quantitative estimate of drug-likeness (QED) is 0.904. The fourth-order valence-corrected chi connectivity index (χ4v) is 2.04. The lowest BCUT2D eigenvalue weighted by molar-refractivity contribution is 0.0355. The summed E-state index contributed by atoms with van der Waals surface area (Å²) in [5.74, 6) is -0.492. The lowest BCUT2D eigenvalue weighted by Crippen LogP contribution is -2.19. The van der Waals surface area contributed by atoms with Crippen molar-refractivity contribution in [2.45, 2.75) is 6.23 Å². The number of nitrogens with one attached hydrogen (secondary N) is 1. The van der Waals surface area contributed by atoms with E-state index >= 15 is 0 Å². The molecular formula is C15H12FN3O2. The first-order valence-corrected chi connectivity index (χ1v) is 6.29. The molecule has 0 aromatic heterocycles. The molecule has 3 rings (SSSR count). The number of carbonyl (C=O) groups is 1. The topological polar surface area (TPSA) is 76.7 Å². The van der Waals surface area contributed by atoms with E-state index in [4.69, 9.17) is 10.6 Å². The molecule has 6 heteroatoms. The Bertz CT molecular complexity index is 730. The van der Waals surface area contributed by atoms with Gasteiger partial charge in [0.1, 0.15) is 5.82 Å². The van der Waals surface area contributed by atoms with Crippen LogP contribution in [0.15, 0.2) is 53.5 Å². The van der Waals surface area contributed by atoms with Gasteiger partial charge in [-0.1, -0.05) is 30.3 Å². The third-order valence-corrected chi connectivity index (χ3v) is 3.11. The van der Waals surface area contributed by atoms with Gasteiger partial charge < -0.3 is 5.73 Å². The van der Waals surface area contributed by atoms with Crippen molar-refractivity contribution in [3.63, 3.8) is 0 Å². The van der Waals surface area contributed by atoms with E-state index in [1.54, 1.807) is 42.5 Å². The van der Waals surface area contributed by atoms with Crippen molar-refractivity contribution in [3.05, 3.63) is 71.0 Å². The summed E-state index contributed by atoms with van der Waals surface area (Å²) in [5, 5.41) is 0. The normalized spacial score (nSPS) is 17.2. The van der Waals surface area contributed by atoms with Crippen LogP contribution in [0.1, 0.15) is 27.7 Å². The Morgan fingerprint density at radius 3 is 2.81 bits per heavy atom. The summed E-state index contributed by atoms with van der Waals surface area (Å²) >= 11 is 0. The van der Waals surface area contributed by atoms with Crippen LogP contribution < -0.4 is 11.2 Å². The molecule has 0 aliphatic carbocycles. The highest BCUT2D eigenvalue weighted by atomic mass is 19.1. The van der Waals surface area contributed by atoms with E-state index in [-0.39, 0.29) is 5.82 Å². The maximum absolute atomic E-state index is 13.7. The number of primary amides is 1. The van der Waals surface area contributed by atoms with E-state index in [0.29, 0.717) is 22.5 Å². The predicted molar refractivity (Wildman–Crippen MR) is 74.9 cm³/mol. The van der Waals surface area contributed by atoms with Gasteiger partial charge in [-0.3, -0.25) is 4.79 Å². The van der Waals surface area contributed by atoms with Crippen molar-refractivity contribution < 1.29 is 14.0 Å². The summed E-state index contributed by atoms with van der Waals surface area (Å²) in [6, 6.07) is 12.9. The zero-order valence-electron chi connectivity index (χ0n) is 10.9. The summed E-state index contributed by atoms with van der Waals surface area (Å²) in [6.07, 6.45) is -0.765. The second-order valence-electron chi connectivity index (χ2n) is 4.52. The number of hydrogen-bond donors (Lipinski definition) is 2. The van der Waals surface area contributed by atoms with Crippen LogP contribution in [-0.4, -0.2) is 11.7 Å². The van der Waals surface area contributed by atoms with Gasteiger partial charge >= 0.3 is 0 Å². The van der Waals surface area contributed by atoms with E-state index in [9.17, 15) is 9.18 Å². The second kappa shape index (κ2) is 5.34. The van der Waals surface area contributed by atoms with Crippen LogP contribution in [0.25, 0.3) is 0 Å². The van der Waals surface area contributed by atoms with Gasteiger partial charge in [0, 0.05) is 16.7 Å². The average molecular weight is 285 g/mol. The van der Waals surface area contributed by atoms with Gasteiger partial charge in [-0.05, 0) is 18.2 Å². The Morgan fingerprint density at radius 1 is 1.24 bits per heavy atom. The van der Waals surface area contributed by atoms with Gasteiger partial charge in [0.05, 0.1) is 0 Å². The van der Waals surface area contributed by atoms with Crippen molar-refractivity contribution in [2.75, 3.05) is 0 Å². The molecule has 21 heavy (non-hydrogen) atoms. The number of nitrogens with zero attached hydrogens (tertiary/aromatic N) is 1. The monoisotopic (exact) mass is 285 g/mol. The molecule has 0 saturated carbocycles. The van der Waals surface area contributed by atoms with Crippen molar-refractivity contribution in [1.82, 2.24) is 5.48 Å². The molecule has 1 heterocycles. The van der Waals surface area contributed by atoms with Crippen molar-refractivity contribution in [1.29, 1.82) is 0 Å². The lowest BCUT2D eigenvalue weighted by atomic mass is 10.1. The number of amides is 1. The molecule has 0 saturated heterocycles. The van der Waals surface area contributed by atoms with Crippen molar-refractivity contribution in [2.24, 2.45) is 10.7 Å². The highest BCUT2D eigenvalue weighted by Crippen LogP contribution is 2.25. The van der Waals surface area contributed by atoms with E-state index in [1.807, 2.05) is 0 Å². The molecule has 1 atom stereocenters. The van der Waals surface area contributed by atoms with Gasteiger partial charge in [0.15, 0.2) is 5.84 Å². The molecule has 0 radical (unpaired) electrons. The van der Waals surface area contributed by atoms with Crippen LogP contribution in [0.4, 0.5) is 4.39 Å². The molecular weight excluding hydrogens is 273 g/mol. The molecule has 0 fully saturated rings. The Balaban J connectivity index is 1.91. The maximum Gasteiger partial charge on any atom is 0.248 e. The minimum absolute atomic E-state index is 0.339. The van der Waals surface area contributed by atoms with Crippen LogP contribution in [0.3, 0.4) is 0 Å². The van der Waals surface area contributed by atoms with Gasteiger partial charge in [0.25, 0.3) is 0 Å². The number of amidine groups is 1. The van der Waals surface area contributed by atoms with Crippen LogP contribution in [0.5, 0.6) is 0 Å². The molecule has 5 nitrogen and oxygen atoms in total. The number of carbonyl (C=O) groups excluding carboxylic acids is 1. The predicted octanol–water partition coefficient (Wildman–Crippen LogP) is 1.90. The summed E-state index contributed by atoms with van der Waals surface area (Å²) in [7, 11) is 0. The number of halogens is 1. The molecule has 1 amide bonds. The highest BCUT2D eigenvalue weighted by Gasteiger charge is 2.23. The molecule has 1 aliphatic heterocycles. The highest BCUT2D eigenvalue weighted by molar-refractivity contribution is 6.01. The van der Waals surface area contributed by atoms with E-state index in [1.165, 1.54) is 6.07 Å². The molecule has 0 bridgehead atoms. The molecule has 0 spiro atoms. The van der Waals surface area contributed by atoms with Gasteiger partial charge in [0.2, 0.25) is 12.1 Å². The van der Waals surface area contributed by atoms with Gasteiger partial charge in [-0.15, -0.1) is 0 Å². The van der Waals surface area contributed by atoms with E-state index in [2.05, 4.69) is 10.5 Å². The third-order valence-electron chi connectivity index (χ3n) is 3.11. The molecule has 1 aliphatic rings. The number of nitrogens with two attached hydrogens (primary N) is 1. The molecule has 2 aromatic carbocycles. The van der Waals surface area contributed by atoms with Crippen LogP contribution in [0.2, 0.25) is 0 Å². The zero-order chi connectivity index (χ0) is 14.8. The summed E-state index contributed by atoms with van der Waals surface area (Å²) < 4.78 is 13.7. The van der Waals surface area contributed by atoms with E-state index in [0.717, 1.165) is 0 Å². The Hall–Kier alpha value is -2.73. The van der Waals surface area contributed by atoms with Crippen LogP contribution in [0, 0.1) is 5.82 Å². The number of hydroxylamine groups is 1. The first-order valence-electron chi connectivity index (χ1n) is 6.29. The maximum atomic E-state index is 13.7. The number of benzene rings is 2. The smallest absolute Gasteiger partial charge is 0.248 e. The standard InChI is InChI=1S/C15H12FN3O2/c16-12-7-2-1-6-11(12)15-18-14(19-21-15)10-5-3-4-9(8-10)13(17)20/h1-8,15H,(H2,17,20)(H,18,19). The molecule has 106 valence electrons. The van der Waals surface area contributed by atoms with Crippen LogP contribution in [-0.2, 0) is 4.84 Å². The number of aliphatic imine (C=N–C) groups is 1. The largest absolute Gasteiger partial charge is 0.366 e. The second-order valence-corrected chi connectivity index (χ2v) is 4.52. The number of hydrogen-bond acceptors (Lipinski definition) is 4. The third kappa shape index (κ3) is 2.61. The van der Waals surface area contributed by atoms with Gasteiger partial charge in [-0.25, -0.2) is 19.7 Å². The SMILES string of the molecule is NC(=O)c1cccc(C2=NC(c3ccccc3F)ON2)c1. The van der Waals surface area contributed by atoms with Crippen molar-refractivity contribution >= 4 is 11.7 Å². The first-order chi connectivity index (χ1) is 10.1. The summed E-state index contributed by atoms with van der Waals surface area (Å²) in [4.78, 5) is 20.7. The molecule has 3 N–H and O–H groups in total. The Labute approximate surface area is 120 Å². The fourth-order valence-electron chi connectivity index (χ4n) is 2.04. The molecule has 2 aromatic rings. The first kappa shape index (κ1) is 13.3. The van der Waals surface area contributed by atoms with Crippen LogP contribution >= 0.6 is 0 Å². The van der Waals surface area contributed by atoms with Gasteiger partial charge in [-0.2, -0.15) is 0 Å². The zero-order valence-corrected chi connectivity index (χ0v) is 10.9.